The van der Waals surface area contributed by atoms with E-state index in [4.69, 9.17) is 16.3 Å². The average Bonchev–Trinajstić information content (AvgIpc) is 2.55. The molecule has 0 unspecified atom stereocenters. The van der Waals surface area contributed by atoms with Gasteiger partial charge in [-0.15, -0.1) is 0 Å². The quantitative estimate of drug-likeness (QED) is 0.562. The van der Waals surface area contributed by atoms with E-state index < -0.39 is 16.0 Å². The SMILES string of the molecule is CCN(CC)S(=O)(=O)c1cc(C(=O)Oc2cccc(C)c2)ccc1Cl. The smallest absolute Gasteiger partial charge is 0.343 e. The minimum Gasteiger partial charge on any atom is -0.423 e. The van der Waals surface area contributed by atoms with E-state index in [1.807, 2.05) is 13.0 Å². The Morgan fingerprint density at radius 3 is 2.40 bits per heavy atom. The Balaban J connectivity index is 2.37. The van der Waals surface area contributed by atoms with E-state index in [0.717, 1.165) is 5.56 Å². The number of benzene rings is 2. The summed E-state index contributed by atoms with van der Waals surface area (Å²) in [7, 11) is -3.77. The van der Waals surface area contributed by atoms with Crippen LogP contribution < -0.4 is 4.74 Å². The van der Waals surface area contributed by atoms with Crippen LogP contribution in [0.1, 0.15) is 29.8 Å². The maximum Gasteiger partial charge on any atom is 0.343 e. The van der Waals surface area contributed by atoms with Gasteiger partial charge in [0, 0.05) is 13.1 Å². The lowest BCUT2D eigenvalue weighted by Gasteiger charge is -2.19. The van der Waals surface area contributed by atoms with Crippen LogP contribution in [-0.4, -0.2) is 31.8 Å². The molecule has 7 heteroatoms. The van der Waals surface area contributed by atoms with E-state index in [1.54, 1.807) is 32.0 Å². The van der Waals surface area contributed by atoms with Gasteiger partial charge in [0.05, 0.1) is 10.6 Å². The van der Waals surface area contributed by atoms with Gasteiger partial charge in [0.2, 0.25) is 10.0 Å². The molecule has 2 aromatic carbocycles. The Morgan fingerprint density at radius 2 is 1.80 bits per heavy atom. The number of rotatable bonds is 6. The molecule has 0 aliphatic carbocycles. The maximum atomic E-state index is 12.7. The molecule has 2 aromatic rings. The van der Waals surface area contributed by atoms with Crippen LogP contribution >= 0.6 is 11.6 Å². The van der Waals surface area contributed by atoms with Crippen LogP contribution in [0.25, 0.3) is 0 Å². The average molecular weight is 382 g/mol. The summed E-state index contributed by atoms with van der Waals surface area (Å²) in [6.07, 6.45) is 0. The molecule has 0 spiro atoms. The zero-order valence-electron chi connectivity index (χ0n) is 14.3. The van der Waals surface area contributed by atoms with Gasteiger partial charge in [0.15, 0.2) is 0 Å². The maximum absolute atomic E-state index is 12.7. The van der Waals surface area contributed by atoms with Crippen molar-refractivity contribution >= 4 is 27.6 Å². The molecule has 134 valence electrons. The molecule has 0 heterocycles. The van der Waals surface area contributed by atoms with Crippen LogP contribution in [0.5, 0.6) is 5.75 Å². The molecule has 0 amide bonds. The number of carbonyl (C=O) groups excluding carboxylic acids is 1. The first kappa shape index (κ1) is 19.4. The van der Waals surface area contributed by atoms with Crippen LogP contribution in [-0.2, 0) is 10.0 Å². The summed E-state index contributed by atoms with van der Waals surface area (Å²) in [6, 6.07) is 11.1. The van der Waals surface area contributed by atoms with E-state index in [0.29, 0.717) is 18.8 Å². The second kappa shape index (κ2) is 7.99. The second-order valence-electron chi connectivity index (χ2n) is 5.44. The number of esters is 1. The summed E-state index contributed by atoms with van der Waals surface area (Å²) < 4.78 is 32.0. The first-order valence-corrected chi connectivity index (χ1v) is 9.70. The third-order valence-electron chi connectivity index (χ3n) is 3.69. The van der Waals surface area contributed by atoms with Crippen LogP contribution in [0, 0.1) is 6.92 Å². The molecule has 5 nitrogen and oxygen atoms in total. The summed E-state index contributed by atoms with van der Waals surface area (Å²) >= 11 is 6.07. The third kappa shape index (κ3) is 4.39. The van der Waals surface area contributed by atoms with E-state index in [-0.39, 0.29) is 15.5 Å². The topological polar surface area (TPSA) is 63.7 Å². The number of ether oxygens (including phenoxy) is 1. The van der Waals surface area contributed by atoms with Crippen molar-refractivity contribution in [2.45, 2.75) is 25.7 Å². The minimum atomic E-state index is -3.77. The van der Waals surface area contributed by atoms with E-state index in [9.17, 15) is 13.2 Å². The van der Waals surface area contributed by atoms with Crippen molar-refractivity contribution in [3.05, 3.63) is 58.6 Å². The number of nitrogens with zero attached hydrogens (tertiary/aromatic N) is 1. The number of hydrogen-bond acceptors (Lipinski definition) is 4. The predicted octanol–water partition coefficient (Wildman–Crippen LogP) is 3.90. The number of sulfonamides is 1. The fraction of sp³-hybridized carbons (Fsp3) is 0.278. The lowest BCUT2D eigenvalue weighted by Crippen LogP contribution is -2.31. The monoisotopic (exact) mass is 381 g/mol. The molecule has 0 saturated heterocycles. The molecule has 25 heavy (non-hydrogen) atoms. The molecule has 0 N–H and O–H groups in total. The highest BCUT2D eigenvalue weighted by Gasteiger charge is 2.26. The Labute approximate surface area is 153 Å². The fourth-order valence-electron chi connectivity index (χ4n) is 2.38. The highest BCUT2D eigenvalue weighted by atomic mass is 35.5. The van der Waals surface area contributed by atoms with Crippen molar-refractivity contribution < 1.29 is 17.9 Å². The van der Waals surface area contributed by atoms with Gasteiger partial charge in [0.25, 0.3) is 0 Å². The predicted molar refractivity (Wildman–Crippen MR) is 97.7 cm³/mol. The molecule has 0 aromatic heterocycles. The molecule has 0 bridgehead atoms. The van der Waals surface area contributed by atoms with Gasteiger partial charge in [-0.1, -0.05) is 37.6 Å². The molecule has 2 rings (SSSR count). The first-order chi connectivity index (χ1) is 11.8. The van der Waals surface area contributed by atoms with E-state index >= 15 is 0 Å². The first-order valence-electron chi connectivity index (χ1n) is 7.88. The van der Waals surface area contributed by atoms with Gasteiger partial charge in [-0.3, -0.25) is 0 Å². The van der Waals surface area contributed by atoms with E-state index in [1.165, 1.54) is 22.5 Å². The van der Waals surface area contributed by atoms with Gasteiger partial charge in [-0.2, -0.15) is 4.31 Å². The number of aryl methyl sites for hydroxylation is 1. The zero-order chi connectivity index (χ0) is 18.6. The third-order valence-corrected chi connectivity index (χ3v) is 6.22. The normalized spacial score (nSPS) is 11.6. The Hall–Kier alpha value is -1.89. The standard InChI is InChI=1S/C18H20ClNO4S/c1-4-20(5-2)25(22,23)17-12-14(9-10-16(17)19)18(21)24-15-8-6-7-13(3)11-15/h6-12H,4-5H2,1-3H3. The summed E-state index contributed by atoms with van der Waals surface area (Å²) in [4.78, 5) is 12.3. The Kier molecular flexibility index (Phi) is 6.21. The van der Waals surface area contributed by atoms with Crippen molar-refractivity contribution in [1.82, 2.24) is 4.31 Å². The molecule has 0 fully saturated rings. The number of hydrogen-bond donors (Lipinski definition) is 0. The molecule has 0 saturated carbocycles. The van der Waals surface area contributed by atoms with E-state index in [2.05, 4.69) is 0 Å². The summed E-state index contributed by atoms with van der Waals surface area (Å²) in [5, 5.41) is 0.0685. The molecule has 0 aliphatic heterocycles. The van der Waals surface area contributed by atoms with Gasteiger partial charge < -0.3 is 4.74 Å². The molecular weight excluding hydrogens is 362 g/mol. The van der Waals surface area contributed by atoms with Crippen molar-refractivity contribution in [3.8, 4) is 5.75 Å². The highest BCUT2D eigenvalue weighted by Crippen LogP contribution is 2.26. The number of halogens is 1. The summed E-state index contributed by atoms with van der Waals surface area (Å²) in [6.45, 7) is 5.99. The van der Waals surface area contributed by atoms with Crippen molar-refractivity contribution in [2.75, 3.05) is 13.1 Å². The molecule has 0 radical (unpaired) electrons. The van der Waals surface area contributed by atoms with Crippen LogP contribution in [0.3, 0.4) is 0 Å². The lowest BCUT2D eigenvalue weighted by molar-refractivity contribution is 0.0734. The fourth-order valence-corrected chi connectivity index (χ4v) is 4.33. The molecule has 0 atom stereocenters. The second-order valence-corrected chi connectivity index (χ2v) is 7.75. The Bertz CT molecular complexity index is 876. The zero-order valence-corrected chi connectivity index (χ0v) is 15.9. The molecular formula is C18H20ClNO4S. The largest absolute Gasteiger partial charge is 0.423 e. The van der Waals surface area contributed by atoms with Gasteiger partial charge in [-0.25, -0.2) is 13.2 Å². The molecule has 0 aliphatic rings. The highest BCUT2D eigenvalue weighted by molar-refractivity contribution is 7.89. The number of carbonyl (C=O) groups is 1. The van der Waals surface area contributed by atoms with Crippen LogP contribution in [0.4, 0.5) is 0 Å². The van der Waals surface area contributed by atoms with Crippen molar-refractivity contribution in [1.29, 1.82) is 0 Å². The van der Waals surface area contributed by atoms with Gasteiger partial charge in [-0.05, 0) is 42.8 Å². The van der Waals surface area contributed by atoms with Crippen molar-refractivity contribution in [3.63, 3.8) is 0 Å². The Morgan fingerprint density at radius 1 is 1.12 bits per heavy atom. The summed E-state index contributed by atoms with van der Waals surface area (Å²) in [5.74, 6) is -0.244. The lowest BCUT2D eigenvalue weighted by atomic mass is 10.2. The van der Waals surface area contributed by atoms with Crippen LogP contribution in [0.2, 0.25) is 5.02 Å². The minimum absolute atomic E-state index is 0.0685. The van der Waals surface area contributed by atoms with Gasteiger partial charge in [0.1, 0.15) is 10.6 Å². The van der Waals surface area contributed by atoms with Crippen molar-refractivity contribution in [2.24, 2.45) is 0 Å². The van der Waals surface area contributed by atoms with Crippen LogP contribution in [0.15, 0.2) is 47.4 Å². The summed E-state index contributed by atoms with van der Waals surface area (Å²) in [5.41, 5.74) is 1.07. The van der Waals surface area contributed by atoms with Gasteiger partial charge >= 0.3 is 5.97 Å².